The lowest BCUT2D eigenvalue weighted by atomic mass is 9.79. The molecule has 0 saturated carbocycles. The smallest absolute Gasteiger partial charge is 0.0158 e. The topological polar surface area (TPSA) is 3.24 Å². The van der Waals surface area contributed by atoms with Crippen molar-refractivity contribution in [1.29, 1.82) is 0 Å². The molecule has 0 radical (unpaired) electrons. The molecule has 0 aromatic rings. The molecule has 1 nitrogen and oxygen atoms in total. The van der Waals surface area contributed by atoms with Crippen molar-refractivity contribution in [2.24, 2.45) is 11.3 Å². The normalized spacial score (nSPS) is 22.9. The maximum Gasteiger partial charge on any atom is 0.0158 e. The van der Waals surface area contributed by atoms with Gasteiger partial charge >= 0.3 is 0 Å². The van der Waals surface area contributed by atoms with Crippen molar-refractivity contribution >= 4 is 0 Å². The summed E-state index contributed by atoms with van der Waals surface area (Å²) in [6.07, 6.45) is 4.09. The molecule has 1 unspecified atom stereocenters. The van der Waals surface area contributed by atoms with Crippen LogP contribution in [0.25, 0.3) is 0 Å². The predicted octanol–water partition coefficient (Wildman–Crippen LogP) is 4.96. The lowest BCUT2D eigenvalue weighted by Gasteiger charge is -2.45. The highest BCUT2D eigenvalue weighted by Crippen LogP contribution is 2.33. The fraction of sp³-hybridized carbons (Fsp3) is 1.00. The van der Waals surface area contributed by atoms with Crippen LogP contribution in [0, 0.1) is 11.3 Å². The third-order valence-electron chi connectivity index (χ3n) is 3.48. The SMILES string of the molecule is CC.CC1CCCN(C(C)(C)CC(C)(C)C)C1. The van der Waals surface area contributed by atoms with E-state index in [9.17, 15) is 0 Å². The first-order valence-electron chi connectivity index (χ1n) is 7.46. The van der Waals surface area contributed by atoms with Gasteiger partial charge in [-0.1, -0.05) is 41.5 Å². The molecule has 0 aromatic heterocycles. The van der Waals surface area contributed by atoms with Gasteiger partial charge in [0, 0.05) is 12.1 Å². The average molecular weight is 241 g/mol. The van der Waals surface area contributed by atoms with Gasteiger partial charge in [-0.3, -0.25) is 4.90 Å². The fourth-order valence-corrected chi connectivity index (χ4v) is 3.15. The molecular formula is C16H35N. The molecule has 1 heterocycles. The lowest BCUT2D eigenvalue weighted by molar-refractivity contribution is 0.0413. The third kappa shape index (κ3) is 6.45. The number of hydrogen-bond donors (Lipinski definition) is 0. The number of rotatable bonds is 2. The Balaban J connectivity index is 0.00000121. The van der Waals surface area contributed by atoms with Gasteiger partial charge in [-0.2, -0.15) is 0 Å². The molecule has 1 atom stereocenters. The Hall–Kier alpha value is -0.0400. The Morgan fingerprint density at radius 3 is 2.00 bits per heavy atom. The minimum absolute atomic E-state index is 0.368. The third-order valence-corrected chi connectivity index (χ3v) is 3.48. The Labute approximate surface area is 110 Å². The molecule has 0 bridgehead atoms. The van der Waals surface area contributed by atoms with E-state index in [1.165, 1.54) is 32.4 Å². The zero-order valence-electron chi connectivity index (χ0n) is 13.6. The van der Waals surface area contributed by atoms with E-state index in [2.05, 4.69) is 46.4 Å². The first kappa shape index (κ1) is 17.0. The highest BCUT2D eigenvalue weighted by atomic mass is 15.2. The summed E-state index contributed by atoms with van der Waals surface area (Å²) in [6, 6.07) is 0. The van der Waals surface area contributed by atoms with Crippen molar-refractivity contribution < 1.29 is 0 Å². The van der Waals surface area contributed by atoms with Crippen LogP contribution in [0.5, 0.6) is 0 Å². The van der Waals surface area contributed by atoms with Crippen LogP contribution in [0.3, 0.4) is 0 Å². The molecule has 0 amide bonds. The van der Waals surface area contributed by atoms with E-state index < -0.39 is 0 Å². The molecule has 17 heavy (non-hydrogen) atoms. The van der Waals surface area contributed by atoms with Crippen molar-refractivity contribution in [3.63, 3.8) is 0 Å². The summed E-state index contributed by atoms with van der Waals surface area (Å²) in [5.41, 5.74) is 0.803. The summed E-state index contributed by atoms with van der Waals surface area (Å²) in [6.45, 7) is 20.9. The fourth-order valence-electron chi connectivity index (χ4n) is 3.15. The molecule has 1 aliphatic heterocycles. The molecule has 1 saturated heterocycles. The second kappa shape index (κ2) is 6.78. The zero-order valence-corrected chi connectivity index (χ0v) is 13.6. The summed E-state index contributed by atoms with van der Waals surface area (Å²) >= 11 is 0. The van der Waals surface area contributed by atoms with Gasteiger partial charge in [0.25, 0.3) is 0 Å². The van der Waals surface area contributed by atoms with Gasteiger partial charge in [-0.05, 0) is 51.0 Å². The van der Waals surface area contributed by atoms with Gasteiger partial charge in [-0.15, -0.1) is 0 Å². The van der Waals surface area contributed by atoms with Gasteiger partial charge in [0.1, 0.15) is 0 Å². The van der Waals surface area contributed by atoms with Crippen LogP contribution >= 0.6 is 0 Å². The first-order valence-corrected chi connectivity index (χ1v) is 7.46. The van der Waals surface area contributed by atoms with E-state index in [0.717, 1.165) is 5.92 Å². The van der Waals surface area contributed by atoms with Crippen molar-refractivity contribution in [3.05, 3.63) is 0 Å². The summed E-state index contributed by atoms with van der Waals surface area (Å²) in [4.78, 5) is 2.70. The zero-order chi connectivity index (χ0) is 13.7. The summed E-state index contributed by atoms with van der Waals surface area (Å²) < 4.78 is 0. The molecule has 1 aliphatic rings. The maximum absolute atomic E-state index is 2.70. The van der Waals surface area contributed by atoms with Crippen LogP contribution < -0.4 is 0 Å². The minimum atomic E-state index is 0.368. The van der Waals surface area contributed by atoms with Crippen LogP contribution in [0.2, 0.25) is 0 Å². The predicted molar refractivity (Wildman–Crippen MR) is 79.5 cm³/mol. The lowest BCUT2D eigenvalue weighted by Crippen LogP contribution is -2.50. The van der Waals surface area contributed by atoms with Crippen LogP contribution in [-0.2, 0) is 0 Å². The molecule has 0 N–H and O–H groups in total. The number of hydrogen-bond acceptors (Lipinski definition) is 1. The van der Waals surface area contributed by atoms with Crippen LogP contribution in [-0.4, -0.2) is 23.5 Å². The minimum Gasteiger partial charge on any atom is -0.298 e. The first-order chi connectivity index (χ1) is 7.71. The Morgan fingerprint density at radius 1 is 1.06 bits per heavy atom. The van der Waals surface area contributed by atoms with Crippen LogP contribution in [0.15, 0.2) is 0 Å². The van der Waals surface area contributed by atoms with E-state index in [-0.39, 0.29) is 0 Å². The highest BCUT2D eigenvalue weighted by molar-refractivity contribution is 4.88. The molecule has 1 rings (SSSR count). The van der Waals surface area contributed by atoms with Gasteiger partial charge in [-0.25, -0.2) is 0 Å². The summed E-state index contributed by atoms with van der Waals surface area (Å²) in [7, 11) is 0. The van der Waals surface area contributed by atoms with E-state index >= 15 is 0 Å². The number of piperidine rings is 1. The van der Waals surface area contributed by atoms with Crippen LogP contribution in [0.1, 0.15) is 74.7 Å². The standard InChI is InChI=1S/C14H29N.C2H6/c1-12-8-7-9-15(10-12)14(5,6)11-13(2,3)4;1-2/h12H,7-11H2,1-6H3;1-2H3. The van der Waals surface area contributed by atoms with E-state index in [0.29, 0.717) is 11.0 Å². The molecule has 104 valence electrons. The van der Waals surface area contributed by atoms with E-state index in [1.807, 2.05) is 13.8 Å². The number of likely N-dealkylation sites (tertiary alicyclic amines) is 1. The molecule has 0 aromatic carbocycles. The van der Waals surface area contributed by atoms with Gasteiger partial charge in [0.05, 0.1) is 0 Å². The monoisotopic (exact) mass is 241 g/mol. The van der Waals surface area contributed by atoms with Crippen LogP contribution in [0.4, 0.5) is 0 Å². The second-order valence-corrected chi connectivity index (χ2v) is 7.24. The summed E-state index contributed by atoms with van der Waals surface area (Å²) in [5, 5.41) is 0. The molecule has 0 spiro atoms. The quantitative estimate of drug-likeness (QED) is 0.660. The van der Waals surface area contributed by atoms with Crippen molar-refractivity contribution in [3.8, 4) is 0 Å². The van der Waals surface area contributed by atoms with Crippen molar-refractivity contribution in [1.82, 2.24) is 4.90 Å². The molecular weight excluding hydrogens is 206 g/mol. The Morgan fingerprint density at radius 2 is 1.59 bits per heavy atom. The Bertz CT molecular complexity index is 200. The maximum atomic E-state index is 2.70. The second-order valence-electron chi connectivity index (χ2n) is 7.24. The molecule has 0 aliphatic carbocycles. The van der Waals surface area contributed by atoms with Gasteiger partial charge in [0.15, 0.2) is 0 Å². The molecule has 1 fully saturated rings. The van der Waals surface area contributed by atoms with Gasteiger partial charge < -0.3 is 0 Å². The largest absolute Gasteiger partial charge is 0.298 e. The highest BCUT2D eigenvalue weighted by Gasteiger charge is 2.33. The van der Waals surface area contributed by atoms with E-state index in [4.69, 9.17) is 0 Å². The van der Waals surface area contributed by atoms with Gasteiger partial charge in [0.2, 0.25) is 0 Å². The van der Waals surface area contributed by atoms with E-state index in [1.54, 1.807) is 0 Å². The summed E-state index contributed by atoms with van der Waals surface area (Å²) in [5.74, 6) is 0.887. The molecule has 1 heteroatoms. The average Bonchev–Trinajstić information content (AvgIpc) is 2.17. The number of nitrogens with zero attached hydrogens (tertiary/aromatic N) is 1. The van der Waals surface area contributed by atoms with Crippen molar-refractivity contribution in [2.45, 2.75) is 80.2 Å². The van der Waals surface area contributed by atoms with Crippen molar-refractivity contribution in [2.75, 3.05) is 13.1 Å². The Kier molecular flexibility index (Phi) is 6.76.